The topological polar surface area (TPSA) is 80.8 Å². The molecular weight excluding hydrogens is 346 g/mol. The van der Waals surface area contributed by atoms with Crippen LogP contribution in [-0.2, 0) is 0 Å². The highest BCUT2D eigenvalue weighted by molar-refractivity contribution is 5.95. The van der Waals surface area contributed by atoms with E-state index in [1.165, 1.54) is 0 Å². The van der Waals surface area contributed by atoms with Crippen molar-refractivity contribution in [1.82, 2.24) is 15.2 Å². The van der Waals surface area contributed by atoms with Crippen LogP contribution in [0, 0.1) is 0 Å². The minimum Gasteiger partial charge on any atom is -0.497 e. The molecule has 1 aliphatic heterocycles. The van der Waals surface area contributed by atoms with E-state index in [1.807, 2.05) is 0 Å². The number of nitrogens with one attached hydrogen (secondary N) is 1. The van der Waals surface area contributed by atoms with Gasteiger partial charge in [-0.05, 0) is 37.1 Å². The molecule has 1 aromatic carbocycles. The Kier molecular flexibility index (Phi) is 5.90. The van der Waals surface area contributed by atoms with Gasteiger partial charge in [0.15, 0.2) is 0 Å². The van der Waals surface area contributed by atoms with Gasteiger partial charge in [-0.3, -0.25) is 14.6 Å². The Morgan fingerprint density at radius 2 is 1.74 bits per heavy atom. The fourth-order valence-electron chi connectivity index (χ4n) is 3.11. The van der Waals surface area contributed by atoms with Gasteiger partial charge in [0.05, 0.1) is 19.8 Å². The number of carbonyl (C=O) groups is 2. The van der Waals surface area contributed by atoms with Gasteiger partial charge in [0.25, 0.3) is 11.8 Å². The third-order valence-electron chi connectivity index (χ3n) is 4.64. The number of piperidine rings is 1. The summed E-state index contributed by atoms with van der Waals surface area (Å²) in [5, 5.41) is 3.01. The van der Waals surface area contributed by atoms with Crippen LogP contribution in [0.5, 0.6) is 11.5 Å². The van der Waals surface area contributed by atoms with Crippen LogP contribution in [0.2, 0.25) is 0 Å². The number of hydrogen-bond donors (Lipinski definition) is 1. The minimum absolute atomic E-state index is 0.0431. The van der Waals surface area contributed by atoms with Crippen molar-refractivity contribution >= 4 is 11.8 Å². The molecule has 2 heterocycles. The number of benzene rings is 1. The summed E-state index contributed by atoms with van der Waals surface area (Å²) in [5.74, 6) is 0.960. The highest BCUT2D eigenvalue weighted by Gasteiger charge is 2.25. The van der Waals surface area contributed by atoms with E-state index in [4.69, 9.17) is 9.47 Å². The Hall–Kier alpha value is -3.09. The zero-order valence-corrected chi connectivity index (χ0v) is 15.5. The zero-order chi connectivity index (χ0) is 19.2. The van der Waals surface area contributed by atoms with Gasteiger partial charge in [0.1, 0.15) is 11.5 Å². The summed E-state index contributed by atoms with van der Waals surface area (Å²) in [5.41, 5.74) is 1.07. The van der Waals surface area contributed by atoms with Crippen LogP contribution in [0.25, 0.3) is 0 Å². The Bertz CT molecular complexity index is 780. The first-order chi connectivity index (χ1) is 13.1. The van der Waals surface area contributed by atoms with Gasteiger partial charge in [0, 0.05) is 43.2 Å². The second-order valence-electron chi connectivity index (χ2n) is 6.38. The van der Waals surface area contributed by atoms with Crippen molar-refractivity contribution in [2.24, 2.45) is 0 Å². The van der Waals surface area contributed by atoms with Crippen LogP contribution < -0.4 is 14.8 Å². The third-order valence-corrected chi connectivity index (χ3v) is 4.64. The maximum Gasteiger partial charge on any atom is 0.254 e. The average Bonchev–Trinajstić information content (AvgIpc) is 2.74. The lowest BCUT2D eigenvalue weighted by Gasteiger charge is -2.32. The van der Waals surface area contributed by atoms with Crippen LogP contribution >= 0.6 is 0 Å². The van der Waals surface area contributed by atoms with Crippen molar-refractivity contribution in [2.75, 3.05) is 27.3 Å². The fourth-order valence-corrected chi connectivity index (χ4v) is 3.11. The van der Waals surface area contributed by atoms with Gasteiger partial charge < -0.3 is 19.7 Å². The molecule has 2 amide bonds. The molecule has 0 atom stereocenters. The molecule has 0 bridgehead atoms. The van der Waals surface area contributed by atoms with Crippen molar-refractivity contribution in [3.05, 3.63) is 53.9 Å². The summed E-state index contributed by atoms with van der Waals surface area (Å²) in [4.78, 5) is 30.8. The number of aromatic nitrogens is 1. The molecule has 0 aliphatic carbocycles. The molecule has 1 aliphatic rings. The van der Waals surface area contributed by atoms with Crippen LogP contribution in [-0.4, -0.2) is 55.0 Å². The van der Waals surface area contributed by atoms with Gasteiger partial charge in [-0.1, -0.05) is 0 Å². The van der Waals surface area contributed by atoms with Crippen molar-refractivity contribution in [1.29, 1.82) is 0 Å². The van der Waals surface area contributed by atoms with Gasteiger partial charge in [-0.25, -0.2) is 0 Å². The summed E-state index contributed by atoms with van der Waals surface area (Å²) >= 11 is 0. The maximum atomic E-state index is 12.8. The second-order valence-corrected chi connectivity index (χ2v) is 6.38. The van der Waals surface area contributed by atoms with Crippen LogP contribution in [0.1, 0.15) is 33.6 Å². The first-order valence-electron chi connectivity index (χ1n) is 8.84. The number of hydrogen-bond acceptors (Lipinski definition) is 5. The molecule has 142 valence electrons. The first kappa shape index (κ1) is 18.7. The second kappa shape index (κ2) is 8.53. The number of ether oxygens (including phenoxy) is 2. The van der Waals surface area contributed by atoms with Crippen LogP contribution in [0.3, 0.4) is 0 Å². The largest absolute Gasteiger partial charge is 0.497 e. The Morgan fingerprint density at radius 1 is 1.07 bits per heavy atom. The molecule has 0 unspecified atom stereocenters. The summed E-state index contributed by atoms with van der Waals surface area (Å²) < 4.78 is 10.5. The Balaban J connectivity index is 1.59. The molecule has 27 heavy (non-hydrogen) atoms. The predicted octanol–water partition coefficient (Wildman–Crippen LogP) is 2.13. The summed E-state index contributed by atoms with van der Waals surface area (Å²) in [6.45, 7) is 1.16. The highest BCUT2D eigenvalue weighted by atomic mass is 16.5. The molecule has 1 aromatic heterocycles. The molecule has 1 N–H and O–H groups in total. The predicted molar refractivity (Wildman–Crippen MR) is 100 cm³/mol. The molecule has 0 spiro atoms. The van der Waals surface area contributed by atoms with E-state index in [2.05, 4.69) is 10.3 Å². The number of pyridine rings is 1. The van der Waals surface area contributed by atoms with Crippen LogP contribution in [0.15, 0.2) is 42.7 Å². The lowest BCUT2D eigenvalue weighted by molar-refractivity contribution is 0.0697. The molecule has 7 nitrogen and oxygen atoms in total. The van der Waals surface area contributed by atoms with E-state index in [-0.39, 0.29) is 17.9 Å². The molecule has 0 saturated carbocycles. The molecule has 0 radical (unpaired) electrons. The van der Waals surface area contributed by atoms with Crippen molar-refractivity contribution in [3.8, 4) is 11.5 Å². The number of nitrogens with zero attached hydrogens (tertiary/aromatic N) is 2. The standard InChI is InChI=1S/C20H23N3O4/c1-26-17-10-15(11-18(12-17)27-2)20(25)23-8-5-16(6-9-23)22-19(24)14-4-3-7-21-13-14/h3-4,7,10-13,16H,5-6,8-9H2,1-2H3,(H,22,24). The molecular formula is C20H23N3O4. The molecule has 1 fully saturated rings. The number of carbonyl (C=O) groups excluding carboxylic acids is 2. The van der Waals surface area contributed by atoms with Crippen LogP contribution in [0.4, 0.5) is 0 Å². The molecule has 7 heteroatoms. The smallest absolute Gasteiger partial charge is 0.254 e. The van der Waals surface area contributed by atoms with Crippen molar-refractivity contribution in [2.45, 2.75) is 18.9 Å². The van der Waals surface area contributed by atoms with Crippen molar-refractivity contribution in [3.63, 3.8) is 0 Å². The number of rotatable bonds is 5. The first-order valence-corrected chi connectivity index (χ1v) is 8.84. The zero-order valence-electron chi connectivity index (χ0n) is 15.5. The van der Waals surface area contributed by atoms with E-state index >= 15 is 0 Å². The SMILES string of the molecule is COc1cc(OC)cc(C(=O)N2CCC(NC(=O)c3cccnc3)CC2)c1. The summed E-state index contributed by atoms with van der Waals surface area (Å²) in [6.07, 6.45) is 4.59. The van der Waals surface area contributed by atoms with Crippen molar-refractivity contribution < 1.29 is 19.1 Å². The Morgan fingerprint density at radius 3 is 2.30 bits per heavy atom. The quantitative estimate of drug-likeness (QED) is 0.873. The monoisotopic (exact) mass is 369 g/mol. The molecule has 2 aromatic rings. The Labute approximate surface area is 158 Å². The normalized spacial score (nSPS) is 14.5. The lowest BCUT2D eigenvalue weighted by Crippen LogP contribution is -2.46. The van der Waals surface area contributed by atoms with Gasteiger partial charge in [0.2, 0.25) is 0 Å². The number of amides is 2. The van der Waals surface area contributed by atoms with E-state index in [0.717, 1.165) is 0 Å². The number of methoxy groups -OCH3 is 2. The number of likely N-dealkylation sites (tertiary alicyclic amines) is 1. The van der Waals surface area contributed by atoms with Gasteiger partial charge in [-0.15, -0.1) is 0 Å². The highest BCUT2D eigenvalue weighted by Crippen LogP contribution is 2.24. The fraction of sp³-hybridized carbons (Fsp3) is 0.350. The van der Waals surface area contributed by atoms with E-state index in [0.29, 0.717) is 48.6 Å². The average molecular weight is 369 g/mol. The van der Waals surface area contributed by atoms with E-state index < -0.39 is 0 Å². The molecule has 1 saturated heterocycles. The minimum atomic E-state index is -0.134. The third kappa shape index (κ3) is 4.55. The molecule has 3 rings (SSSR count). The lowest BCUT2D eigenvalue weighted by atomic mass is 10.0. The van der Waals surface area contributed by atoms with E-state index in [9.17, 15) is 9.59 Å². The van der Waals surface area contributed by atoms with Gasteiger partial charge in [-0.2, -0.15) is 0 Å². The summed E-state index contributed by atoms with van der Waals surface area (Å²) in [7, 11) is 3.11. The maximum absolute atomic E-state index is 12.8. The van der Waals surface area contributed by atoms with Gasteiger partial charge >= 0.3 is 0 Å². The van der Waals surface area contributed by atoms with E-state index in [1.54, 1.807) is 61.8 Å². The summed E-state index contributed by atoms with van der Waals surface area (Å²) in [6, 6.07) is 8.66.